The van der Waals surface area contributed by atoms with Crippen LogP contribution in [0.15, 0.2) is 36.4 Å². The summed E-state index contributed by atoms with van der Waals surface area (Å²) in [4.78, 5) is 10.5. The van der Waals surface area contributed by atoms with E-state index in [2.05, 4.69) is 22.8 Å². The first-order valence-corrected chi connectivity index (χ1v) is 8.47. The van der Waals surface area contributed by atoms with E-state index in [0.717, 1.165) is 51.3 Å². The second-order valence-electron chi connectivity index (χ2n) is 5.28. The van der Waals surface area contributed by atoms with Gasteiger partial charge >= 0.3 is 0 Å². The van der Waals surface area contributed by atoms with E-state index in [4.69, 9.17) is 21.6 Å². The maximum Gasteiger partial charge on any atom is 0.148 e. The van der Waals surface area contributed by atoms with Crippen LogP contribution in [0.1, 0.15) is 11.9 Å². The fourth-order valence-electron chi connectivity index (χ4n) is 2.72. The number of rotatable bonds is 2. The molecule has 2 N–H and O–H groups in total. The molecule has 0 radical (unpaired) electrons. The topological polar surface area (TPSA) is 49.8 Å². The molecule has 1 aromatic carbocycles. The zero-order valence-electron chi connectivity index (χ0n) is 11.8. The molecule has 0 bridgehead atoms. The second kappa shape index (κ2) is 5.93. The fourth-order valence-corrected chi connectivity index (χ4v) is 3.81. The highest BCUT2D eigenvalue weighted by Crippen LogP contribution is 2.35. The van der Waals surface area contributed by atoms with Crippen molar-refractivity contribution < 1.29 is 0 Å². The van der Waals surface area contributed by atoms with E-state index >= 15 is 0 Å². The Bertz CT molecular complexity index is 797. The standard InChI is InChI=1S/C16H15ClN4S/c17-13-8-11-14(10-4-2-1-3-5-10)20-15(21-16(11)22-13)12-9-18-6-7-19-12/h1-5,8,12,18-19H,6-7,9H2. The summed E-state index contributed by atoms with van der Waals surface area (Å²) in [7, 11) is 0. The van der Waals surface area contributed by atoms with Crippen molar-refractivity contribution in [1.29, 1.82) is 0 Å². The van der Waals surface area contributed by atoms with Gasteiger partial charge in [0, 0.05) is 30.6 Å². The lowest BCUT2D eigenvalue weighted by molar-refractivity contribution is 0.416. The first-order valence-electron chi connectivity index (χ1n) is 7.28. The number of halogens is 1. The molecule has 22 heavy (non-hydrogen) atoms. The van der Waals surface area contributed by atoms with Gasteiger partial charge in [0.25, 0.3) is 0 Å². The molecule has 3 aromatic rings. The van der Waals surface area contributed by atoms with E-state index in [1.807, 2.05) is 24.3 Å². The molecule has 1 aliphatic rings. The molecule has 1 atom stereocenters. The van der Waals surface area contributed by atoms with Gasteiger partial charge in [-0.2, -0.15) is 0 Å². The van der Waals surface area contributed by atoms with Crippen molar-refractivity contribution in [1.82, 2.24) is 20.6 Å². The van der Waals surface area contributed by atoms with Gasteiger partial charge < -0.3 is 10.6 Å². The SMILES string of the molecule is Clc1cc2c(-c3ccccc3)nc(C3CNCCN3)nc2s1. The number of fused-ring (bicyclic) bond motifs is 1. The number of benzene rings is 1. The number of aromatic nitrogens is 2. The molecule has 0 spiro atoms. The number of hydrogen-bond acceptors (Lipinski definition) is 5. The van der Waals surface area contributed by atoms with Crippen molar-refractivity contribution in [2.75, 3.05) is 19.6 Å². The van der Waals surface area contributed by atoms with Crippen molar-refractivity contribution in [2.45, 2.75) is 6.04 Å². The highest BCUT2D eigenvalue weighted by atomic mass is 35.5. The Kier molecular flexibility index (Phi) is 3.80. The molecule has 112 valence electrons. The third-order valence-corrected chi connectivity index (χ3v) is 4.94. The molecule has 1 fully saturated rings. The minimum absolute atomic E-state index is 0.140. The molecule has 4 rings (SSSR count). The number of nitrogens with one attached hydrogen (secondary N) is 2. The number of thiophene rings is 1. The van der Waals surface area contributed by atoms with E-state index in [-0.39, 0.29) is 6.04 Å². The molecule has 6 heteroatoms. The van der Waals surface area contributed by atoms with E-state index < -0.39 is 0 Å². The largest absolute Gasteiger partial charge is 0.313 e. The molecule has 2 aromatic heterocycles. The normalized spacial score (nSPS) is 18.7. The summed E-state index contributed by atoms with van der Waals surface area (Å²) in [5.41, 5.74) is 2.05. The number of piperazine rings is 1. The molecule has 0 saturated carbocycles. The monoisotopic (exact) mass is 330 g/mol. The summed E-state index contributed by atoms with van der Waals surface area (Å²) in [6.45, 7) is 2.76. The van der Waals surface area contributed by atoms with Crippen LogP contribution in [0, 0.1) is 0 Å². The highest BCUT2D eigenvalue weighted by Gasteiger charge is 2.20. The molecule has 1 aliphatic heterocycles. The van der Waals surface area contributed by atoms with Gasteiger partial charge in [0.1, 0.15) is 10.7 Å². The minimum Gasteiger partial charge on any atom is -0.313 e. The van der Waals surface area contributed by atoms with Crippen molar-refractivity contribution in [2.24, 2.45) is 0 Å². The van der Waals surface area contributed by atoms with Crippen LogP contribution in [0.5, 0.6) is 0 Å². The number of hydrogen-bond donors (Lipinski definition) is 2. The van der Waals surface area contributed by atoms with Crippen LogP contribution in [0.2, 0.25) is 4.34 Å². The second-order valence-corrected chi connectivity index (χ2v) is 6.94. The lowest BCUT2D eigenvalue weighted by atomic mass is 10.1. The van der Waals surface area contributed by atoms with Gasteiger partial charge in [0.2, 0.25) is 0 Å². The van der Waals surface area contributed by atoms with Gasteiger partial charge in [-0.25, -0.2) is 9.97 Å². The Morgan fingerprint density at radius 2 is 2.00 bits per heavy atom. The van der Waals surface area contributed by atoms with Crippen molar-refractivity contribution in [3.05, 3.63) is 46.6 Å². The zero-order chi connectivity index (χ0) is 14.9. The average molecular weight is 331 g/mol. The highest BCUT2D eigenvalue weighted by molar-refractivity contribution is 7.22. The molecule has 1 saturated heterocycles. The minimum atomic E-state index is 0.140. The van der Waals surface area contributed by atoms with Gasteiger partial charge in [-0.05, 0) is 6.07 Å². The van der Waals surface area contributed by atoms with Gasteiger partial charge in [-0.1, -0.05) is 41.9 Å². The molecular formula is C16H15ClN4S. The van der Waals surface area contributed by atoms with Crippen LogP contribution in [0.25, 0.3) is 21.5 Å². The Morgan fingerprint density at radius 1 is 1.14 bits per heavy atom. The Hall–Kier alpha value is -1.53. The van der Waals surface area contributed by atoms with E-state index in [1.54, 1.807) is 0 Å². The van der Waals surface area contributed by atoms with E-state index in [9.17, 15) is 0 Å². The predicted octanol–water partition coefficient (Wildman–Crippen LogP) is 3.25. The van der Waals surface area contributed by atoms with Gasteiger partial charge in [0.15, 0.2) is 0 Å². The van der Waals surface area contributed by atoms with Crippen molar-refractivity contribution in [3.8, 4) is 11.3 Å². The van der Waals surface area contributed by atoms with Crippen LogP contribution >= 0.6 is 22.9 Å². The van der Waals surface area contributed by atoms with Gasteiger partial charge in [-0.15, -0.1) is 11.3 Å². The first kappa shape index (κ1) is 14.1. The first-order chi connectivity index (χ1) is 10.8. The zero-order valence-corrected chi connectivity index (χ0v) is 13.4. The summed E-state index contributed by atoms with van der Waals surface area (Å²) in [5.74, 6) is 0.831. The maximum absolute atomic E-state index is 6.20. The smallest absolute Gasteiger partial charge is 0.148 e. The maximum atomic E-state index is 6.20. The van der Waals surface area contributed by atoms with Crippen LogP contribution in [0.3, 0.4) is 0 Å². The van der Waals surface area contributed by atoms with Gasteiger partial charge in [-0.3, -0.25) is 0 Å². The quantitative estimate of drug-likeness (QED) is 0.757. The Balaban J connectivity index is 1.89. The van der Waals surface area contributed by atoms with Crippen molar-refractivity contribution in [3.63, 3.8) is 0 Å². The molecule has 0 aliphatic carbocycles. The lowest BCUT2D eigenvalue weighted by Crippen LogP contribution is -2.43. The summed E-state index contributed by atoms with van der Waals surface area (Å²) in [6, 6.07) is 12.3. The average Bonchev–Trinajstić information content (AvgIpc) is 2.95. The van der Waals surface area contributed by atoms with Crippen LogP contribution in [0.4, 0.5) is 0 Å². The summed E-state index contributed by atoms with van der Waals surface area (Å²) >= 11 is 7.71. The van der Waals surface area contributed by atoms with Gasteiger partial charge in [0.05, 0.1) is 16.1 Å². The van der Waals surface area contributed by atoms with E-state index in [1.165, 1.54) is 11.3 Å². The Labute approximate surface area is 137 Å². The summed E-state index contributed by atoms with van der Waals surface area (Å²) < 4.78 is 0.744. The molecular weight excluding hydrogens is 316 g/mol. The van der Waals surface area contributed by atoms with Crippen LogP contribution in [-0.4, -0.2) is 29.6 Å². The molecule has 1 unspecified atom stereocenters. The van der Waals surface area contributed by atoms with Crippen LogP contribution in [-0.2, 0) is 0 Å². The van der Waals surface area contributed by atoms with E-state index in [0.29, 0.717) is 0 Å². The number of nitrogens with zero attached hydrogens (tertiary/aromatic N) is 2. The molecule has 4 nitrogen and oxygen atoms in total. The summed E-state index contributed by atoms with van der Waals surface area (Å²) in [6.07, 6.45) is 0. The summed E-state index contributed by atoms with van der Waals surface area (Å²) in [5, 5.41) is 7.87. The fraction of sp³-hybridized carbons (Fsp3) is 0.250. The predicted molar refractivity (Wildman–Crippen MR) is 91.5 cm³/mol. The molecule has 0 amide bonds. The third-order valence-electron chi connectivity index (χ3n) is 3.78. The third kappa shape index (κ3) is 2.61. The molecule has 3 heterocycles. The Morgan fingerprint density at radius 3 is 2.77 bits per heavy atom. The van der Waals surface area contributed by atoms with Crippen LogP contribution < -0.4 is 10.6 Å². The lowest BCUT2D eigenvalue weighted by Gasteiger charge is -2.23. The van der Waals surface area contributed by atoms with Crippen molar-refractivity contribution >= 4 is 33.2 Å².